The van der Waals surface area contributed by atoms with Gasteiger partial charge in [-0.2, -0.15) is 0 Å². The van der Waals surface area contributed by atoms with E-state index in [1.165, 1.54) is 32.1 Å². The molecule has 0 unspecified atom stereocenters. The third-order valence-electron chi connectivity index (χ3n) is 2.38. The molecule has 10 heavy (non-hydrogen) atoms. The van der Waals surface area contributed by atoms with Crippen LogP contribution in [0.5, 0.6) is 0 Å². The molecule has 0 heteroatoms. The highest BCUT2D eigenvalue weighted by molar-refractivity contribution is 4.87. The van der Waals surface area contributed by atoms with E-state index in [1.54, 1.807) is 0 Å². The summed E-state index contributed by atoms with van der Waals surface area (Å²) in [6, 6.07) is 0. The lowest BCUT2D eigenvalue weighted by molar-refractivity contribution is 0.299. The van der Waals surface area contributed by atoms with Gasteiger partial charge in [-0.15, -0.1) is 0 Å². The number of hydrogen-bond donors (Lipinski definition) is 0. The van der Waals surface area contributed by atoms with Gasteiger partial charge in [0.2, 0.25) is 0 Å². The second-order valence-electron chi connectivity index (χ2n) is 4.07. The summed E-state index contributed by atoms with van der Waals surface area (Å²) in [6.45, 7) is 4.76. The lowest BCUT2D eigenvalue weighted by atomic mass is 9.81. The Morgan fingerprint density at radius 1 is 1.00 bits per heavy atom. The molecule has 0 saturated carbocycles. The molecule has 0 spiro atoms. The van der Waals surface area contributed by atoms with E-state index in [0.29, 0.717) is 5.41 Å². The fourth-order valence-electron chi connectivity index (χ4n) is 1.53. The molecule has 0 amide bonds. The van der Waals surface area contributed by atoms with Crippen molar-refractivity contribution < 1.29 is 0 Å². The molecular formula is C10H18. The molecule has 0 aromatic carbocycles. The molecule has 0 aromatic rings. The Hall–Kier alpha value is -0.260. The first-order valence-electron chi connectivity index (χ1n) is 4.36. The summed E-state index contributed by atoms with van der Waals surface area (Å²) in [7, 11) is 0. The minimum Gasteiger partial charge on any atom is -0.0885 e. The van der Waals surface area contributed by atoms with Crippen molar-refractivity contribution in [3.8, 4) is 0 Å². The lowest BCUT2D eigenvalue weighted by Crippen LogP contribution is -2.11. The van der Waals surface area contributed by atoms with Gasteiger partial charge in [0, 0.05) is 0 Å². The Morgan fingerprint density at radius 3 is 2.50 bits per heavy atom. The number of hydrogen-bond acceptors (Lipinski definition) is 0. The van der Waals surface area contributed by atoms with Gasteiger partial charge in [-0.25, -0.2) is 0 Å². The van der Waals surface area contributed by atoms with E-state index in [0.717, 1.165) is 0 Å². The van der Waals surface area contributed by atoms with Crippen molar-refractivity contribution in [1.29, 1.82) is 0 Å². The van der Waals surface area contributed by atoms with Crippen LogP contribution in [0.25, 0.3) is 0 Å². The van der Waals surface area contributed by atoms with Crippen molar-refractivity contribution in [3.05, 3.63) is 12.2 Å². The molecule has 0 atom stereocenters. The van der Waals surface area contributed by atoms with Crippen LogP contribution in [-0.2, 0) is 0 Å². The summed E-state index contributed by atoms with van der Waals surface area (Å²) in [5, 5.41) is 0. The molecule has 0 aliphatic heterocycles. The summed E-state index contributed by atoms with van der Waals surface area (Å²) in [6.07, 6.45) is 11.4. The Bertz CT molecular complexity index is 120. The van der Waals surface area contributed by atoms with Gasteiger partial charge >= 0.3 is 0 Å². The van der Waals surface area contributed by atoms with Crippen LogP contribution in [0.3, 0.4) is 0 Å². The van der Waals surface area contributed by atoms with Crippen LogP contribution in [0.4, 0.5) is 0 Å². The molecule has 0 radical (unpaired) electrons. The molecule has 0 saturated heterocycles. The molecule has 1 aliphatic rings. The monoisotopic (exact) mass is 138 g/mol. The molecule has 1 rings (SSSR count). The molecule has 0 bridgehead atoms. The molecule has 1 aliphatic carbocycles. The zero-order valence-corrected chi connectivity index (χ0v) is 7.19. The first-order valence-corrected chi connectivity index (χ1v) is 4.36. The van der Waals surface area contributed by atoms with Gasteiger partial charge in [0.1, 0.15) is 0 Å². The second-order valence-corrected chi connectivity index (χ2v) is 4.07. The highest BCUT2D eigenvalue weighted by Crippen LogP contribution is 2.30. The van der Waals surface area contributed by atoms with Crippen molar-refractivity contribution in [2.24, 2.45) is 5.41 Å². The fraction of sp³-hybridized carbons (Fsp3) is 0.800. The maximum Gasteiger partial charge on any atom is -0.0346 e. The van der Waals surface area contributed by atoms with E-state index >= 15 is 0 Å². The van der Waals surface area contributed by atoms with Gasteiger partial charge < -0.3 is 0 Å². The van der Waals surface area contributed by atoms with Crippen molar-refractivity contribution in [2.75, 3.05) is 0 Å². The summed E-state index contributed by atoms with van der Waals surface area (Å²) in [5.74, 6) is 0. The minimum absolute atomic E-state index is 0.602. The molecule has 0 aromatic heterocycles. The van der Waals surface area contributed by atoms with E-state index in [9.17, 15) is 0 Å². The van der Waals surface area contributed by atoms with Gasteiger partial charge in [0.15, 0.2) is 0 Å². The average Bonchev–Trinajstić information content (AvgIpc) is 1.81. The molecule has 0 fully saturated rings. The Balaban J connectivity index is 2.43. The Morgan fingerprint density at radius 2 is 1.70 bits per heavy atom. The topological polar surface area (TPSA) is 0 Å². The predicted molar refractivity (Wildman–Crippen MR) is 46.0 cm³/mol. The van der Waals surface area contributed by atoms with E-state index in [2.05, 4.69) is 26.0 Å². The van der Waals surface area contributed by atoms with Crippen LogP contribution in [0, 0.1) is 5.41 Å². The maximum absolute atomic E-state index is 2.38. The molecule has 0 nitrogen and oxygen atoms in total. The quantitative estimate of drug-likeness (QED) is 0.449. The van der Waals surface area contributed by atoms with E-state index in [1.807, 2.05) is 0 Å². The van der Waals surface area contributed by atoms with Crippen molar-refractivity contribution in [3.63, 3.8) is 0 Å². The van der Waals surface area contributed by atoms with Crippen LogP contribution >= 0.6 is 0 Å². The Kier molecular flexibility index (Phi) is 2.53. The second kappa shape index (κ2) is 3.23. The molecular weight excluding hydrogens is 120 g/mol. The minimum atomic E-state index is 0.602. The van der Waals surface area contributed by atoms with E-state index in [4.69, 9.17) is 0 Å². The van der Waals surface area contributed by atoms with Gasteiger partial charge in [-0.05, 0) is 37.5 Å². The maximum atomic E-state index is 2.38. The van der Waals surface area contributed by atoms with Crippen molar-refractivity contribution in [1.82, 2.24) is 0 Å². The highest BCUT2D eigenvalue weighted by atomic mass is 14.2. The summed E-state index contributed by atoms with van der Waals surface area (Å²) in [5.41, 5.74) is 0.602. The third-order valence-corrected chi connectivity index (χ3v) is 2.38. The molecule has 58 valence electrons. The first-order chi connectivity index (χ1) is 4.71. The van der Waals surface area contributed by atoms with Crippen LogP contribution < -0.4 is 0 Å². The highest BCUT2D eigenvalue weighted by Gasteiger charge is 2.16. The van der Waals surface area contributed by atoms with E-state index in [-0.39, 0.29) is 0 Å². The smallest absolute Gasteiger partial charge is 0.0346 e. The van der Waals surface area contributed by atoms with Crippen molar-refractivity contribution >= 4 is 0 Å². The average molecular weight is 138 g/mol. The molecule has 0 heterocycles. The van der Waals surface area contributed by atoms with Crippen LogP contribution in [-0.4, -0.2) is 0 Å². The normalized spacial score (nSPS) is 25.4. The predicted octanol–water partition coefficient (Wildman–Crippen LogP) is 3.53. The van der Waals surface area contributed by atoms with Crippen molar-refractivity contribution in [2.45, 2.75) is 46.0 Å². The third kappa shape index (κ3) is 2.55. The zero-order valence-electron chi connectivity index (χ0n) is 7.19. The zero-order chi connectivity index (χ0) is 7.45. The van der Waals surface area contributed by atoms with E-state index < -0.39 is 0 Å². The Labute approximate surface area is 64.3 Å². The van der Waals surface area contributed by atoms with Crippen LogP contribution in [0.15, 0.2) is 12.2 Å². The van der Waals surface area contributed by atoms with Crippen LogP contribution in [0.2, 0.25) is 0 Å². The number of rotatable bonds is 0. The summed E-state index contributed by atoms with van der Waals surface area (Å²) < 4.78 is 0. The summed E-state index contributed by atoms with van der Waals surface area (Å²) >= 11 is 0. The standard InChI is InChI=1S/C10H18/c1-10(2)8-6-4-3-5-7-9-10/h3-4H,5-9H2,1-2H3. The number of allylic oxidation sites excluding steroid dienone is 2. The van der Waals surface area contributed by atoms with Gasteiger partial charge in [-0.1, -0.05) is 26.0 Å². The fourth-order valence-corrected chi connectivity index (χ4v) is 1.53. The SMILES string of the molecule is CC1(C)CCC=CCCC1. The van der Waals surface area contributed by atoms with Gasteiger partial charge in [0.25, 0.3) is 0 Å². The van der Waals surface area contributed by atoms with Crippen LogP contribution in [0.1, 0.15) is 46.0 Å². The van der Waals surface area contributed by atoms with Gasteiger partial charge in [0.05, 0.1) is 0 Å². The molecule has 0 N–H and O–H groups in total. The van der Waals surface area contributed by atoms with Gasteiger partial charge in [-0.3, -0.25) is 0 Å². The first kappa shape index (κ1) is 7.84. The lowest BCUT2D eigenvalue weighted by Gasteiger charge is -2.24. The summed E-state index contributed by atoms with van der Waals surface area (Å²) in [4.78, 5) is 0. The largest absolute Gasteiger partial charge is 0.0885 e.